The normalized spacial score (nSPS) is 11.0. The Kier molecular flexibility index (Phi) is 5.74. The molecule has 1 aromatic rings. The third-order valence-electron chi connectivity index (χ3n) is 1.96. The molecule has 3 N–H and O–H groups in total. The third-order valence-corrected chi connectivity index (χ3v) is 2.84. The quantitative estimate of drug-likeness (QED) is 0.773. The predicted molar refractivity (Wildman–Crippen MR) is 67.6 cm³/mol. The number of amides is 3. The topological polar surface area (TPSA) is 83.1 Å². The molecule has 3 amide bonds. The van der Waals surface area contributed by atoms with Crippen molar-refractivity contribution >= 4 is 28.4 Å². The van der Waals surface area contributed by atoms with Crippen LogP contribution in [0.3, 0.4) is 0 Å². The largest absolute Gasteiger partial charge is 0.405 e. The molecular formula is C10H13F3N4O2S. The molecule has 0 atom stereocenters. The van der Waals surface area contributed by atoms with Gasteiger partial charge < -0.3 is 10.6 Å². The molecule has 1 heterocycles. The molecule has 1 aromatic heterocycles. The lowest BCUT2D eigenvalue weighted by atomic mass is 10.4. The van der Waals surface area contributed by atoms with E-state index in [1.165, 1.54) is 11.3 Å². The zero-order chi connectivity index (χ0) is 15.2. The summed E-state index contributed by atoms with van der Waals surface area (Å²) in [6.45, 7) is 0.320. The summed E-state index contributed by atoms with van der Waals surface area (Å²) in [6, 6.07) is -0.567. The van der Waals surface area contributed by atoms with Gasteiger partial charge in [-0.25, -0.2) is 9.78 Å². The molecule has 0 saturated heterocycles. The maximum Gasteiger partial charge on any atom is 0.405 e. The number of thiazole rings is 1. The van der Waals surface area contributed by atoms with Gasteiger partial charge in [-0.15, -0.1) is 11.3 Å². The molecule has 112 valence electrons. The van der Waals surface area contributed by atoms with Crippen molar-refractivity contribution in [3.63, 3.8) is 0 Å². The minimum Gasteiger partial charge on any atom is -0.347 e. The lowest BCUT2D eigenvalue weighted by molar-refractivity contribution is -0.138. The van der Waals surface area contributed by atoms with Gasteiger partial charge in [-0.2, -0.15) is 13.2 Å². The summed E-state index contributed by atoms with van der Waals surface area (Å²) in [5.41, 5.74) is 0.761. The van der Waals surface area contributed by atoms with E-state index in [4.69, 9.17) is 0 Å². The van der Waals surface area contributed by atoms with Crippen molar-refractivity contribution < 1.29 is 22.8 Å². The Balaban J connectivity index is 2.17. The van der Waals surface area contributed by atoms with Crippen molar-refractivity contribution in [2.45, 2.75) is 19.5 Å². The highest BCUT2D eigenvalue weighted by Gasteiger charge is 2.27. The second kappa shape index (κ2) is 7.08. The molecular weight excluding hydrogens is 297 g/mol. The van der Waals surface area contributed by atoms with E-state index < -0.39 is 24.7 Å². The number of nitrogens with zero attached hydrogens (tertiary/aromatic N) is 1. The summed E-state index contributed by atoms with van der Waals surface area (Å²) in [4.78, 5) is 26.4. The van der Waals surface area contributed by atoms with Gasteiger partial charge >= 0.3 is 12.2 Å². The summed E-state index contributed by atoms with van der Waals surface area (Å²) in [7, 11) is 0. The van der Waals surface area contributed by atoms with Gasteiger partial charge in [-0.1, -0.05) is 0 Å². The molecule has 10 heteroatoms. The minimum absolute atomic E-state index is 0.0696. The fraction of sp³-hybridized carbons (Fsp3) is 0.500. The number of nitrogens with one attached hydrogen (secondary N) is 3. The second-order valence-corrected chi connectivity index (χ2v) is 4.67. The highest BCUT2D eigenvalue weighted by molar-refractivity contribution is 7.13. The zero-order valence-corrected chi connectivity index (χ0v) is 11.3. The summed E-state index contributed by atoms with van der Waals surface area (Å²) in [5.74, 6) is -0.785. The van der Waals surface area contributed by atoms with E-state index in [0.717, 1.165) is 5.69 Å². The van der Waals surface area contributed by atoms with Crippen molar-refractivity contribution in [3.8, 4) is 0 Å². The zero-order valence-electron chi connectivity index (χ0n) is 10.5. The fourth-order valence-corrected chi connectivity index (χ4v) is 1.81. The summed E-state index contributed by atoms with van der Waals surface area (Å²) < 4.78 is 35.4. The van der Waals surface area contributed by atoms with E-state index in [9.17, 15) is 22.8 Å². The van der Waals surface area contributed by atoms with E-state index >= 15 is 0 Å². The average Bonchev–Trinajstić information content (AvgIpc) is 2.71. The maximum atomic E-state index is 11.8. The van der Waals surface area contributed by atoms with Crippen molar-refractivity contribution in [2.24, 2.45) is 0 Å². The number of halogens is 3. The number of anilines is 1. The van der Waals surface area contributed by atoms with Crippen LogP contribution in [0.25, 0.3) is 0 Å². The molecule has 20 heavy (non-hydrogen) atoms. The van der Waals surface area contributed by atoms with Gasteiger partial charge in [-0.3, -0.25) is 10.1 Å². The van der Waals surface area contributed by atoms with Gasteiger partial charge in [-0.05, 0) is 6.92 Å². The molecule has 0 saturated carbocycles. The predicted octanol–water partition coefficient (Wildman–Crippen LogP) is 1.64. The lowest BCUT2D eigenvalue weighted by Crippen LogP contribution is -2.37. The van der Waals surface area contributed by atoms with Gasteiger partial charge in [0.25, 0.3) is 0 Å². The molecule has 0 radical (unpaired) electrons. The summed E-state index contributed by atoms with van der Waals surface area (Å²) >= 11 is 1.24. The van der Waals surface area contributed by atoms with Crippen LogP contribution in [0.2, 0.25) is 0 Å². The van der Waals surface area contributed by atoms with Gasteiger partial charge in [0.15, 0.2) is 5.13 Å². The number of hydrogen-bond acceptors (Lipinski definition) is 4. The van der Waals surface area contributed by atoms with Crippen molar-refractivity contribution in [1.82, 2.24) is 15.6 Å². The smallest absolute Gasteiger partial charge is 0.347 e. The maximum absolute atomic E-state index is 11.8. The van der Waals surface area contributed by atoms with Crippen LogP contribution in [0, 0.1) is 6.92 Å². The first kappa shape index (κ1) is 16.2. The Morgan fingerprint density at radius 1 is 1.35 bits per heavy atom. The van der Waals surface area contributed by atoms with E-state index in [2.05, 4.69) is 15.6 Å². The number of alkyl halides is 3. The van der Waals surface area contributed by atoms with Crippen LogP contribution >= 0.6 is 11.3 Å². The molecule has 0 fully saturated rings. The Morgan fingerprint density at radius 2 is 2.05 bits per heavy atom. The summed E-state index contributed by atoms with van der Waals surface area (Å²) in [5, 5.41) is 8.64. The molecule has 0 aliphatic heterocycles. The minimum atomic E-state index is -4.44. The number of aryl methyl sites for hydroxylation is 1. The van der Waals surface area contributed by atoms with E-state index in [1.807, 2.05) is 0 Å². The average molecular weight is 310 g/mol. The monoisotopic (exact) mass is 310 g/mol. The SMILES string of the molecule is Cc1csc(NC(=O)NCCC(=O)NCC(F)(F)F)n1. The van der Waals surface area contributed by atoms with E-state index in [-0.39, 0.29) is 13.0 Å². The molecule has 0 aliphatic rings. The Hall–Kier alpha value is -1.84. The molecule has 1 rings (SSSR count). The van der Waals surface area contributed by atoms with Crippen LogP contribution < -0.4 is 16.0 Å². The Labute approximate surface area is 116 Å². The fourth-order valence-electron chi connectivity index (χ4n) is 1.13. The van der Waals surface area contributed by atoms with Gasteiger partial charge in [0, 0.05) is 18.3 Å². The molecule has 0 aliphatic carbocycles. The van der Waals surface area contributed by atoms with Crippen molar-refractivity contribution in [3.05, 3.63) is 11.1 Å². The number of carbonyl (C=O) groups is 2. The van der Waals surface area contributed by atoms with Crippen molar-refractivity contribution in [1.29, 1.82) is 0 Å². The molecule has 0 aromatic carbocycles. The van der Waals surface area contributed by atoms with Crippen LogP contribution in [0.1, 0.15) is 12.1 Å². The van der Waals surface area contributed by atoms with Crippen LogP contribution in [0.15, 0.2) is 5.38 Å². The lowest BCUT2D eigenvalue weighted by Gasteiger charge is -2.08. The first-order valence-corrected chi connectivity index (χ1v) is 6.44. The van der Waals surface area contributed by atoms with Gasteiger partial charge in [0.2, 0.25) is 5.91 Å². The van der Waals surface area contributed by atoms with Crippen LogP contribution in [0.4, 0.5) is 23.1 Å². The molecule has 0 spiro atoms. The van der Waals surface area contributed by atoms with Crippen LogP contribution in [0.5, 0.6) is 0 Å². The number of hydrogen-bond donors (Lipinski definition) is 3. The van der Waals surface area contributed by atoms with E-state index in [1.54, 1.807) is 17.6 Å². The van der Waals surface area contributed by atoms with Gasteiger partial charge in [0.05, 0.1) is 5.69 Å². The van der Waals surface area contributed by atoms with Crippen LogP contribution in [-0.2, 0) is 4.79 Å². The Morgan fingerprint density at radius 3 is 2.60 bits per heavy atom. The van der Waals surface area contributed by atoms with E-state index in [0.29, 0.717) is 5.13 Å². The number of rotatable bonds is 5. The first-order chi connectivity index (χ1) is 9.26. The molecule has 6 nitrogen and oxygen atoms in total. The third kappa shape index (κ3) is 6.92. The Bertz CT molecular complexity index is 475. The number of aromatic nitrogens is 1. The number of carbonyl (C=O) groups excluding carboxylic acids is 2. The standard InChI is InChI=1S/C10H13F3N4O2S/c1-6-4-20-9(16-6)17-8(19)14-3-2-7(18)15-5-10(11,12)13/h4H,2-3,5H2,1H3,(H,15,18)(H2,14,16,17,19). The van der Waals surface area contributed by atoms with Crippen molar-refractivity contribution in [2.75, 3.05) is 18.4 Å². The highest BCUT2D eigenvalue weighted by atomic mass is 32.1. The molecule has 0 bridgehead atoms. The highest BCUT2D eigenvalue weighted by Crippen LogP contribution is 2.14. The second-order valence-electron chi connectivity index (χ2n) is 3.82. The molecule has 0 unspecified atom stereocenters. The van der Waals surface area contributed by atoms with Gasteiger partial charge in [0.1, 0.15) is 6.54 Å². The number of urea groups is 1. The summed E-state index contributed by atoms with van der Waals surface area (Å²) in [6.07, 6.45) is -4.68. The van der Waals surface area contributed by atoms with Crippen LogP contribution in [-0.4, -0.2) is 36.2 Å². The first-order valence-electron chi connectivity index (χ1n) is 5.57.